The van der Waals surface area contributed by atoms with Crippen LogP contribution in [0.3, 0.4) is 0 Å². The highest BCUT2D eigenvalue weighted by atomic mass is 19.3. The number of nitrogens with one attached hydrogen (secondary N) is 1. The molecule has 0 spiro atoms. The lowest BCUT2D eigenvalue weighted by Gasteiger charge is -2.42. The molecule has 1 saturated heterocycles. The SMILES string of the molecule is CC1=C(C(=O)NC(CC(C)C)c2cccnn2)C=CC(N2CC(F)(F)C2)=C(OCC2CC2)CC1. The van der Waals surface area contributed by atoms with Gasteiger partial charge in [0.15, 0.2) is 0 Å². The second-order valence-corrected chi connectivity index (χ2v) is 10.1. The van der Waals surface area contributed by atoms with E-state index in [1.165, 1.54) is 0 Å². The molecule has 1 N–H and O–H groups in total. The average Bonchev–Trinajstić information content (AvgIpc) is 3.58. The van der Waals surface area contributed by atoms with Crippen molar-refractivity contribution in [2.75, 3.05) is 19.7 Å². The molecule has 1 saturated carbocycles. The van der Waals surface area contributed by atoms with E-state index in [-0.39, 0.29) is 25.0 Å². The second-order valence-electron chi connectivity index (χ2n) is 10.1. The number of halogens is 2. The van der Waals surface area contributed by atoms with Crippen LogP contribution in [0.25, 0.3) is 0 Å². The first-order valence-electron chi connectivity index (χ1n) is 12.2. The van der Waals surface area contributed by atoms with Gasteiger partial charge in [-0.1, -0.05) is 19.4 Å². The number of hydrogen-bond acceptors (Lipinski definition) is 5. The molecule has 2 aliphatic carbocycles. The number of carbonyl (C=O) groups is 1. The van der Waals surface area contributed by atoms with Crippen LogP contribution in [-0.4, -0.2) is 46.6 Å². The number of nitrogens with zero attached hydrogens (tertiary/aromatic N) is 3. The Bertz CT molecular complexity index is 976. The van der Waals surface area contributed by atoms with Gasteiger partial charge in [-0.25, -0.2) is 8.78 Å². The number of aromatic nitrogens is 2. The van der Waals surface area contributed by atoms with E-state index in [9.17, 15) is 13.6 Å². The molecule has 0 aromatic carbocycles. The molecule has 1 aliphatic heterocycles. The van der Waals surface area contributed by atoms with Gasteiger partial charge >= 0.3 is 0 Å². The van der Waals surface area contributed by atoms with Crippen LogP contribution in [0.1, 0.15) is 64.6 Å². The van der Waals surface area contributed by atoms with Crippen LogP contribution in [0, 0.1) is 11.8 Å². The first-order chi connectivity index (χ1) is 16.2. The summed E-state index contributed by atoms with van der Waals surface area (Å²) in [6, 6.07) is 3.41. The molecule has 184 valence electrons. The topological polar surface area (TPSA) is 67.4 Å². The molecule has 1 aromatic rings. The van der Waals surface area contributed by atoms with Crippen LogP contribution in [-0.2, 0) is 9.53 Å². The Balaban J connectivity index is 1.54. The molecule has 34 heavy (non-hydrogen) atoms. The van der Waals surface area contributed by atoms with Gasteiger partial charge in [-0.2, -0.15) is 10.2 Å². The highest BCUT2D eigenvalue weighted by Gasteiger charge is 2.45. The quantitative estimate of drug-likeness (QED) is 0.552. The number of likely N-dealkylation sites (tertiary alicyclic amines) is 1. The summed E-state index contributed by atoms with van der Waals surface area (Å²) < 4.78 is 33.4. The number of carbonyl (C=O) groups excluding carboxylic acids is 1. The van der Waals surface area contributed by atoms with Crippen LogP contribution in [0.4, 0.5) is 8.78 Å². The van der Waals surface area contributed by atoms with Gasteiger partial charge in [-0.15, -0.1) is 0 Å². The van der Waals surface area contributed by atoms with Crippen molar-refractivity contribution in [3.63, 3.8) is 0 Å². The first kappa shape index (κ1) is 24.4. The standard InChI is InChI=1S/C26H34F2N4O2/c1-17(2)13-22(21-5-4-12-29-31-21)30-25(33)20-9-10-23(32-15-26(27,28)16-32)24(11-6-18(20)3)34-14-19-7-8-19/h4-5,9-10,12,17,19,22H,6-8,11,13-16H2,1-3H3,(H,30,33). The Morgan fingerprint density at radius 2 is 2.03 bits per heavy atom. The highest BCUT2D eigenvalue weighted by Crippen LogP contribution is 2.36. The van der Waals surface area contributed by atoms with Crippen molar-refractivity contribution in [3.05, 3.63) is 58.8 Å². The zero-order valence-electron chi connectivity index (χ0n) is 20.2. The van der Waals surface area contributed by atoms with E-state index in [0.29, 0.717) is 42.6 Å². The maximum Gasteiger partial charge on any atom is 0.282 e. The predicted octanol–water partition coefficient (Wildman–Crippen LogP) is 4.94. The molecular formula is C26H34F2N4O2. The summed E-state index contributed by atoms with van der Waals surface area (Å²) in [7, 11) is 0. The molecule has 2 heterocycles. The fraction of sp³-hybridized carbons (Fsp3) is 0.577. The summed E-state index contributed by atoms with van der Waals surface area (Å²) in [5.41, 5.74) is 2.88. The Morgan fingerprint density at radius 1 is 1.26 bits per heavy atom. The van der Waals surface area contributed by atoms with Gasteiger partial charge < -0.3 is 15.0 Å². The lowest BCUT2D eigenvalue weighted by molar-refractivity contribution is -0.118. The summed E-state index contributed by atoms with van der Waals surface area (Å²) in [6.07, 6.45) is 9.39. The lowest BCUT2D eigenvalue weighted by atomic mass is 9.96. The van der Waals surface area contributed by atoms with Gasteiger partial charge in [0.25, 0.3) is 11.8 Å². The van der Waals surface area contributed by atoms with E-state index >= 15 is 0 Å². The minimum Gasteiger partial charge on any atom is -0.495 e. The molecule has 1 amide bonds. The molecule has 3 aliphatic rings. The number of alkyl halides is 2. The van der Waals surface area contributed by atoms with Crippen molar-refractivity contribution in [2.45, 2.75) is 64.8 Å². The Kier molecular flexibility index (Phi) is 7.33. The summed E-state index contributed by atoms with van der Waals surface area (Å²) in [5.74, 6) is -1.21. The Morgan fingerprint density at radius 3 is 2.65 bits per heavy atom. The highest BCUT2D eigenvalue weighted by molar-refractivity contribution is 5.97. The largest absolute Gasteiger partial charge is 0.495 e. The van der Waals surface area contributed by atoms with Crippen LogP contribution in [0.5, 0.6) is 0 Å². The Hall–Kier alpha value is -2.77. The summed E-state index contributed by atoms with van der Waals surface area (Å²) in [4.78, 5) is 15.0. The van der Waals surface area contributed by atoms with Gasteiger partial charge in [0.05, 0.1) is 37.1 Å². The van der Waals surface area contributed by atoms with Gasteiger partial charge in [0.2, 0.25) is 0 Å². The molecule has 1 unspecified atom stereocenters. The number of rotatable bonds is 9. The zero-order valence-corrected chi connectivity index (χ0v) is 20.2. The average molecular weight is 473 g/mol. The minimum atomic E-state index is -2.68. The third-order valence-electron chi connectivity index (χ3n) is 6.46. The first-order valence-corrected chi connectivity index (χ1v) is 12.2. The van der Waals surface area contributed by atoms with E-state index in [1.807, 2.05) is 19.1 Å². The van der Waals surface area contributed by atoms with E-state index in [4.69, 9.17) is 4.74 Å². The predicted molar refractivity (Wildman–Crippen MR) is 126 cm³/mol. The maximum absolute atomic E-state index is 13.6. The van der Waals surface area contributed by atoms with Crippen molar-refractivity contribution in [3.8, 4) is 0 Å². The fourth-order valence-electron chi connectivity index (χ4n) is 4.30. The van der Waals surface area contributed by atoms with Gasteiger partial charge in [-0.05, 0) is 68.7 Å². The molecule has 6 nitrogen and oxygen atoms in total. The number of allylic oxidation sites excluding steroid dienone is 3. The normalized spacial score (nSPS) is 21.2. The fourth-order valence-corrected chi connectivity index (χ4v) is 4.30. The van der Waals surface area contributed by atoms with Crippen LogP contribution in [0.15, 0.2) is 53.1 Å². The zero-order chi connectivity index (χ0) is 24.3. The lowest BCUT2D eigenvalue weighted by Crippen LogP contribution is -2.55. The van der Waals surface area contributed by atoms with Gasteiger partial charge in [0.1, 0.15) is 5.76 Å². The maximum atomic E-state index is 13.6. The summed E-state index contributed by atoms with van der Waals surface area (Å²) in [6.45, 7) is 6.12. The van der Waals surface area contributed by atoms with E-state index < -0.39 is 5.92 Å². The molecule has 0 radical (unpaired) electrons. The number of ether oxygens (including phenoxy) is 1. The van der Waals surface area contributed by atoms with Gasteiger partial charge in [-0.3, -0.25) is 4.79 Å². The second kappa shape index (κ2) is 10.2. The molecule has 0 bridgehead atoms. The molecule has 2 fully saturated rings. The van der Waals surface area contributed by atoms with E-state index in [1.54, 1.807) is 23.2 Å². The number of amides is 1. The van der Waals surface area contributed by atoms with Crippen molar-refractivity contribution in [1.82, 2.24) is 20.4 Å². The van der Waals surface area contributed by atoms with Crippen molar-refractivity contribution >= 4 is 5.91 Å². The van der Waals surface area contributed by atoms with E-state index in [2.05, 4.69) is 29.4 Å². The van der Waals surface area contributed by atoms with E-state index in [0.717, 1.165) is 36.3 Å². The summed E-state index contributed by atoms with van der Waals surface area (Å²) >= 11 is 0. The number of hydrogen-bond donors (Lipinski definition) is 1. The summed E-state index contributed by atoms with van der Waals surface area (Å²) in [5, 5.41) is 11.3. The molecular weight excluding hydrogens is 438 g/mol. The van der Waals surface area contributed by atoms with Crippen LogP contribution < -0.4 is 5.32 Å². The van der Waals surface area contributed by atoms with Gasteiger partial charge in [0, 0.05) is 18.2 Å². The minimum absolute atomic E-state index is 0.194. The van der Waals surface area contributed by atoms with Crippen LogP contribution in [0.2, 0.25) is 0 Å². The third kappa shape index (κ3) is 6.21. The molecule has 4 rings (SSSR count). The Labute approximate surface area is 200 Å². The van der Waals surface area contributed by atoms with Crippen molar-refractivity contribution in [1.29, 1.82) is 0 Å². The monoisotopic (exact) mass is 472 g/mol. The van der Waals surface area contributed by atoms with Crippen molar-refractivity contribution in [2.24, 2.45) is 11.8 Å². The molecule has 1 atom stereocenters. The van der Waals surface area contributed by atoms with Crippen LogP contribution >= 0.6 is 0 Å². The molecule has 8 heteroatoms. The molecule has 1 aromatic heterocycles. The third-order valence-corrected chi connectivity index (χ3v) is 6.46. The smallest absolute Gasteiger partial charge is 0.282 e. The van der Waals surface area contributed by atoms with Crippen molar-refractivity contribution < 1.29 is 18.3 Å².